The van der Waals surface area contributed by atoms with Crippen LogP contribution in [0.1, 0.15) is 18.1 Å². The molecule has 17 heavy (non-hydrogen) atoms. The summed E-state index contributed by atoms with van der Waals surface area (Å²) in [6, 6.07) is 8.19. The number of hydrazone groups is 1. The van der Waals surface area contributed by atoms with Crippen molar-refractivity contribution in [1.29, 1.82) is 0 Å². The first-order chi connectivity index (χ1) is 8.13. The maximum atomic E-state index is 5.03. The van der Waals surface area contributed by atoms with Gasteiger partial charge in [0.2, 0.25) is 0 Å². The Labute approximate surface area is 108 Å². The lowest BCUT2D eigenvalue weighted by Crippen LogP contribution is -2.32. The molecule has 0 radical (unpaired) electrons. The van der Waals surface area contributed by atoms with Gasteiger partial charge in [-0.2, -0.15) is 5.10 Å². The summed E-state index contributed by atoms with van der Waals surface area (Å²) in [5.41, 5.74) is 6.00. The van der Waals surface area contributed by atoms with Crippen LogP contribution in [0.25, 0.3) is 0 Å². The van der Waals surface area contributed by atoms with Gasteiger partial charge in [-0.1, -0.05) is 35.9 Å². The van der Waals surface area contributed by atoms with Gasteiger partial charge in [0.25, 0.3) is 0 Å². The highest BCUT2D eigenvalue weighted by Gasteiger charge is 1.97. The normalized spacial score (nSPS) is 10.8. The van der Waals surface area contributed by atoms with Crippen molar-refractivity contribution in [2.45, 2.75) is 13.8 Å². The average molecular weight is 247 g/mol. The fourth-order valence-electron chi connectivity index (χ4n) is 1.20. The summed E-state index contributed by atoms with van der Waals surface area (Å²) in [5.74, 6) is 0. The summed E-state index contributed by atoms with van der Waals surface area (Å²) in [5, 5.41) is 7.65. The van der Waals surface area contributed by atoms with Crippen molar-refractivity contribution >= 4 is 23.0 Å². The molecule has 0 aliphatic carbocycles. The number of hydrogen-bond donors (Lipinski definition) is 2. The summed E-state index contributed by atoms with van der Waals surface area (Å²) in [6.45, 7) is 8.22. The van der Waals surface area contributed by atoms with Gasteiger partial charge in [-0.15, -0.1) is 6.58 Å². The zero-order valence-corrected chi connectivity index (χ0v) is 11.0. The van der Waals surface area contributed by atoms with E-state index < -0.39 is 0 Å². The van der Waals surface area contributed by atoms with E-state index in [2.05, 4.69) is 41.5 Å². The molecule has 0 amide bonds. The summed E-state index contributed by atoms with van der Waals surface area (Å²) < 4.78 is 0. The highest BCUT2D eigenvalue weighted by atomic mass is 32.1. The monoisotopic (exact) mass is 247 g/mol. The summed E-state index contributed by atoms with van der Waals surface area (Å²) in [7, 11) is 0. The second-order valence-electron chi connectivity index (χ2n) is 3.67. The largest absolute Gasteiger partial charge is 0.358 e. The Morgan fingerprint density at radius 3 is 2.65 bits per heavy atom. The number of thiocarbonyl (C=S) groups is 1. The van der Waals surface area contributed by atoms with Crippen LogP contribution in [-0.2, 0) is 0 Å². The molecule has 90 valence electrons. The second-order valence-corrected chi connectivity index (χ2v) is 4.08. The predicted molar refractivity (Wildman–Crippen MR) is 77.3 cm³/mol. The maximum absolute atomic E-state index is 5.03. The average Bonchev–Trinajstić information content (AvgIpc) is 2.34. The first-order valence-corrected chi connectivity index (χ1v) is 5.80. The zero-order valence-electron chi connectivity index (χ0n) is 10.2. The fraction of sp³-hybridized carbons (Fsp3) is 0.231. The lowest BCUT2D eigenvalue weighted by atomic mass is 10.1. The van der Waals surface area contributed by atoms with E-state index in [1.165, 1.54) is 5.56 Å². The Kier molecular flexibility index (Phi) is 5.36. The minimum Gasteiger partial charge on any atom is -0.358 e. The van der Waals surface area contributed by atoms with Crippen LogP contribution in [0.2, 0.25) is 0 Å². The topological polar surface area (TPSA) is 36.4 Å². The van der Waals surface area contributed by atoms with Gasteiger partial charge >= 0.3 is 0 Å². The Balaban J connectivity index is 2.57. The van der Waals surface area contributed by atoms with Crippen LogP contribution in [0.5, 0.6) is 0 Å². The lowest BCUT2D eigenvalue weighted by molar-refractivity contribution is 0.936. The van der Waals surface area contributed by atoms with E-state index >= 15 is 0 Å². The van der Waals surface area contributed by atoms with Gasteiger partial charge in [0.1, 0.15) is 0 Å². The number of benzene rings is 1. The van der Waals surface area contributed by atoms with E-state index in [1.54, 1.807) is 6.08 Å². The molecular weight excluding hydrogens is 230 g/mol. The van der Waals surface area contributed by atoms with Crippen molar-refractivity contribution < 1.29 is 0 Å². The summed E-state index contributed by atoms with van der Waals surface area (Å²) in [4.78, 5) is 0. The van der Waals surface area contributed by atoms with Gasteiger partial charge in [0.05, 0.1) is 5.71 Å². The molecule has 4 heteroatoms. The molecule has 0 spiro atoms. The molecule has 2 N–H and O–H groups in total. The van der Waals surface area contributed by atoms with Crippen molar-refractivity contribution in [2.75, 3.05) is 6.54 Å². The summed E-state index contributed by atoms with van der Waals surface area (Å²) >= 11 is 5.03. The van der Waals surface area contributed by atoms with Crippen molar-refractivity contribution in [3.8, 4) is 0 Å². The Bertz CT molecular complexity index is 421. The van der Waals surface area contributed by atoms with Crippen LogP contribution in [-0.4, -0.2) is 17.4 Å². The Morgan fingerprint density at radius 1 is 1.41 bits per heavy atom. The Morgan fingerprint density at radius 2 is 2.06 bits per heavy atom. The Hall–Kier alpha value is -1.68. The van der Waals surface area contributed by atoms with E-state index in [0.29, 0.717) is 11.7 Å². The van der Waals surface area contributed by atoms with Crippen molar-refractivity contribution in [1.82, 2.24) is 10.7 Å². The van der Waals surface area contributed by atoms with Gasteiger partial charge in [0.15, 0.2) is 5.11 Å². The van der Waals surface area contributed by atoms with E-state index in [-0.39, 0.29) is 0 Å². The molecule has 0 aliphatic rings. The van der Waals surface area contributed by atoms with Gasteiger partial charge in [-0.25, -0.2) is 0 Å². The maximum Gasteiger partial charge on any atom is 0.187 e. The van der Waals surface area contributed by atoms with Crippen LogP contribution in [0.3, 0.4) is 0 Å². The molecule has 0 aliphatic heterocycles. The molecule has 1 rings (SSSR count). The van der Waals surface area contributed by atoms with Crippen molar-refractivity contribution in [3.05, 3.63) is 48.0 Å². The molecule has 0 saturated heterocycles. The van der Waals surface area contributed by atoms with E-state index in [0.717, 1.165) is 11.3 Å². The van der Waals surface area contributed by atoms with Crippen LogP contribution in [0, 0.1) is 6.92 Å². The molecule has 0 fully saturated rings. The molecule has 1 aromatic carbocycles. The van der Waals surface area contributed by atoms with Crippen molar-refractivity contribution in [2.24, 2.45) is 5.10 Å². The molecule has 0 saturated carbocycles. The number of nitrogens with one attached hydrogen (secondary N) is 2. The highest BCUT2D eigenvalue weighted by molar-refractivity contribution is 7.80. The third-order valence-corrected chi connectivity index (χ3v) is 2.44. The van der Waals surface area contributed by atoms with E-state index in [1.807, 2.05) is 19.1 Å². The predicted octanol–water partition coefficient (Wildman–Crippen LogP) is 2.37. The second kappa shape index (κ2) is 6.81. The van der Waals surface area contributed by atoms with Gasteiger partial charge in [-0.3, -0.25) is 5.43 Å². The van der Waals surface area contributed by atoms with E-state index in [9.17, 15) is 0 Å². The zero-order chi connectivity index (χ0) is 12.7. The molecule has 3 nitrogen and oxygen atoms in total. The molecule has 0 aromatic heterocycles. The molecule has 1 aromatic rings. The smallest absolute Gasteiger partial charge is 0.187 e. The van der Waals surface area contributed by atoms with Crippen molar-refractivity contribution in [3.63, 3.8) is 0 Å². The third-order valence-electron chi connectivity index (χ3n) is 2.20. The highest BCUT2D eigenvalue weighted by Crippen LogP contribution is 2.03. The molecular formula is C13H17N3S. The molecule has 0 unspecified atom stereocenters. The quantitative estimate of drug-likeness (QED) is 0.371. The van der Waals surface area contributed by atoms with Gasteiger partial charge in [0, 0.05) is 6.54 Å². The first kappa shape index (κ1) is 13.4. The van der Waals surface area contributed by atoms with Crippen LogP contribution in [0.4, 0.5) is 0 Å². The summed E-state index contributed by atoms with van der Waals surface area (Å²) in [6.07, 6.45) is 1.74. The molecule has 0 atom stereocenters. The minimum absolute atomic E-state index is 0.497. The van der Waals surface area contributed by atoms with Gasteiger partial charge in [-0.05, 0) is 31.6 Å². The fourth-order valence-corrected chi connectivity index (χ4v) is 1.33. The van der Waals surface area contributed by atoms with Gasteiger partial charge < -0.3 is 5.32 Å². The van der Waals surface area contributed by atoms with E-state index in [4.69, 9.17) is 12.2 Å². The molecule has 0 heterocycles. The number of aryl methyl sites for hydroxylation is 1. The number of nitrogens with zero attached hydrogens (tertiary/aromatic N) is 1. The lowest BCUT2D eigenvalue weighted by Gasteiger charge is -2.06. The first-order valence-electron chi connectivity index (χ1n) is 5.39. The SMILES string of the molecule is C=CCNC(=S)N/N=C(/C)c1ccc(C)cc1. The molecule has 0 bridgehead atoms. The standard InChI is InChI=1S/C13H17N3S/c1-4-9-14-13(17)16-15-11(3)12-7-5-10(2)6-8-12/h4-8H,1,9H2,2-3H3,(H2,14,16,17)/b15-11-. The van der Waals surface area contributed by atoms with Crippen LogP contribution < -0.4 is 10.7 Å². The third kappa shape index (κ3) is 4.78. The van der Waals surface area contributed by atoms with Crippen LogP contribution >= 0.6 is 12.2 Å². The van der Waals surface area contributed by atoms with Crippen LogP contribution in [0.15, 0.2) is 42.0 Å². The number of hydrogen-bond acceptors (Lipinski definition) is 2. The minimum atomic E-state index is 0.497. The number of rotatable bonds is 4.